The second kappa shape index (κ2) is 5.20. The Morgan fingerprint density at radius 1 is 1.29 bits per heavy atom. The van der Waals surface area contributed by atoms with Gasteiger partial charge >= 0.3 is 0 Å². The van der Waals surface area contributed by atoms with Crippen LogP contribution in [-0.4, -0.2) is 25.4 Å². The van der Waals surface area contributed by atoms with Gasteiger partial charge in [0.1, 0.15) is 0 Å². The standard InChI is InChI=1S/C14H13N5O2/c15-14-18-12-11(16-8-17-12)13(21)19(14)10(20)7-6-9-4-2-1-3-5-9/h1-5,8H,6-7H2,(H2,15,18)(H,16,17). The van der Waals surface area contributed by atoms with Crippen LogP contribution in [0.25, 0.3) is 11.2 Å². The fourth-order valence-electron chi connectivity index (χ4n) is 2.15. The van der Waals surface area contributed by atoms with E-state index in [4.69, 9.17) is 5.73 Å². The maximum absolute atomic E-state index is 12.2. The third-order valence-corrected chi connectivity index (χ3v) is 3.21. The molecule has 0 aliphatic heterocycles. The van der Waals surface area contributed by atoms with Gasteiger partial charge in [0, 0.05) is 6.42 Å². The number of rotatable bonds is 3. The minimum absolute atomic E-state index is 0.141. The summed E-state index contributed by atoms with van der Waals surface area (Å²) in [5.74, 6) is -0.525. The van der Waals surface area contributed by atoms with Crippen LogP contribution in [-0.2, 0) is 6.42 Å². The molecule has 0 atom stereocenters. The Balaban J connectivity index is 1.89. The molecular formula is C14H13N5O2. The SMILES string of the molecule is Nc1nc2nc[nH]c2c(=O)n1C(=O)CCc1ccccc1. The summed E-state index contributed by atoms with van der Waals surface area (Å²) in [5.41, 5.74) is 6.59. The van der Waals surface area contributed by atoms with Crippen LogP contribution in [0, 0.1) is 0 Å². The van der Waals surface area contributed by atoms with Crippen LogP contribution in [0.2, 0.25) is 0 Å². The minimum Gasteiger partial charge on any atom is -0.369 e. The number of carbonyl (C=O) groups is 1. The molecule has 21 heavy (non-hydrogen) atoms. The van der Waals surface area contributed by atoms with E-state index < -0.39 is 5.56 Å². The highest BCUT2D eigenvalue weighted by Gasteiger charge is 2.16. The number of nitrogens with one attached hydrogen (secondary N) is 1. The average Bonchev–Trinajstić information content (AvgIpc) is 2.94. The Kier molecular flexibility index (Phi) is 3.23. The quantitative estimate of drug-likeness (QED) is 0.745. The first-order valence-corrected chi connectivity index (χ1v) is 6.45. The number of H-pyrrole nitrogens is 1. The number of hydrogen-bond acceptors (Lipinski definition) is 5. The van der Waals surface area contributed by atoms with Gasteiger partial charge in [-0.15, -0.1) is 0 Å². The maximum atomic E-state index is 12.2. The van der Waals surface area contributed by atoms with Crippen molar-refractivity contribution in [3.63, 3.8) is 0 Å². The zero-order chi connectivity index (χ0) is 14.8. The highest BCUT2D eigenvalue weighted by molar-refractivity contribution is 5.84. The number of hydrogen-bond donors (Lipinski definition) is 2. The molecule has 0 amide bonds. The van der Waals surface area contributed by atoms with Gasteiger partial charge in [0.2, 0.25) is 11.9 Å². The number of nitrogens with two attached hydrogens (primary N) is 1. The van der Waals surface area contributed by atoms with Crippen molar-refractivity contribution in [2.45, 2.75) is 12.8 Å². The molecule has 0 radical (unpaired) electrons. The van der Waals surface area contributed by atoms with Crippen molar-refractivity contribution < 1.29 is 4.79 Å². The van der Waals surface area contributed by atoms with Crippen LogP contribution in [0.15, 0.2) is 41.5 Å². The zero-order valence-electron chi connectivity index (χ0n) is 11.1. The number of anilines is 1. The average molecular weight is 283 g/mol. The van der Waals surface area contributed by atoms with Gasteiger partial charge in [0.05, 0.1) is 6.33 Å². The Morgan fingerprint density at radius 2 is 2.05 bits per heavy atom. The Bertz CT molecular complexity index is 851. The molecule has 3 N–H and O–H groups in total. The van der Waals surface area contributed by atoms with Gasteiger partial charge in [-0.25, -0.2) is 9.55 Å². The van der Waals surface area contributed by atoms with Crippen LogP contribution in [0.3, 0.4) is 0 Å². The van der Waals surface area contributed by atoms with E-state index in [1.807, 2.05) is 30.3 Å². The van der Waals surface area contributed by atoms with Gasteiger partial charge in [-0.1, -0.05) is 30.3 Å². The van der Waals surface area contributed by atoms with Gasteiger partial charge in [-0.3, -0.25) is 9.59 Å². The lowest BCUT2D eigenvalue weighted by atomic mass is 10.1. The number of aromatic nitrogens is 4. The Hall–Kier alpha value is -2.96. The second-order valence-electron chi connectivity index (χ2n) is 4.59. The van der Waals surface area contributed by atoms with Crippen LogP contribution in [0.5, 0.6) is 0 Å². The first-order valence-electron chi connectivity index (χ1n) is 6.45. The molecule has 3 aromatic rings. The number of aryl methyl sites for hydroxylation is 1. The van der Waals surface area contributed by atoms with Gasteiger partial charge in [-0.2, -0.15) is 4.98 Å². The lowest BCUT2D eigenvalue weighted by molar-refractivity contribution is 0.0901. The highest BCUT2D eigenvalue weighted by atomic mass is 16.2. The number of nitrogen functional groups attached to an aromatic ring is 1. The van der Waals surface area contributed by atoms with E-state index in [1.54, 1.807) is 0 Å². The van der Waals surface area contributed by atoms with E-state index in [0.29, 0.717) is 6.42 Å². The molecule has 2 heterocycles. The lowest BCUT2D eigenvalue weighted by Gasteiger charge is -2.07. The summed E-state index contributed by atoms with van der Waals surface area (Å²) in [6.45, 7) is 0. The molecule has 106 valence electrons. The van der Waals surface area contributed by atoms with Crippen molar-refractivity contribution in [3.8, 4) is 0 Å². The Morgan fingerprint density at radius 3 is 2.81 bits per heavy atom. The summed E-state index contributed by atoms with van der Waals surface area (Å²) in [7, 11) is 0. The molecule has 0 aliphatic carbocycles. The van der Waals surface area contributed by atoms with E-state index in [1.165, 1.54) is 6.33 Å². The lowest BCUT2D eigenvalue weighted by Crippen LogP contribution is -2.30. The van der Waals surface area contributed by atoms with E-state index >= 15 is 0 Å². The first-order chi connectivity index (χ1) is 10.2. The molecule has 0 bridgehead atoms. The van der Waals surface area contributed by atoms with Crippen LogP contribution in [0.4, 0.5) is 5.95 Å². The van der Waals surface area contributed by atoms with Crippen molar-refractivity contribution in [2.75, 3.05) is 5.73 Å². The molecule has 3 rings (SSSR count). The van der Waals surface area contributed by atoms with Gasteiger partial charge in [0.25, 0.3) is 5.56 Å². The molecule has 2 aromatic heterocycles. The van der Waals surface area contributed by atoms with Crippen molar-refractivity contribution in [1.82, 2.24) is 19.5 Å². The monoisotopic (exact) mass is 283 g/mol. The predicted molar refractivity (Wildman–Crippen MR) is 78.0 cm³/mol. The third kappa shape index (κ3) is 2.40. The van der Waals surface area contributed by atoms with Gasteiger partial charge in [-0.05, 0) is 12.0 Å². The third-order valence-electron chi connectivity index (χ3n) is 3.21. The first kappa shape index (κ1) is 13.0. The van der Waals surface area contributed by atoms with Crippen LogP contribution < -0.4 is 11.3 Å². The summed E-state index contributed by atoms with van der Waals surface area (Å²) in [4.78, 5) is 34.9. The van der Waals surface area contributed by atoms with E-state index in [9.17, 15) is 9.59 Å². The van der Waals surface area contributed by atoms with Crippen LogP contribution in [0.1, 0.15) is 16.8 Å². The number of carbonyl (C=O) groups excluding carboxylic acids is 1. The molecular weight excluding hydrogens is 270 g/mol. The summed E-state index contributed by atoms with van der Waals surface area (Å²) in [6.07, 6.45) is 2.05. The Labute approximate surface area is 119 Å². The number of fused-ring (bicyclic) bond motifs is 1. The summed E-state index contributed by atoms with van der Waals surface area (Å²) in [6, 6.07) is 9.56. The van der Waals surface area contributed by atoms with Crippen molar-refractivity contribution in [2.24, 2.45) is 0 Å². The minimum atomic E-state index is -0.520. The molecule has 1 aromatic carbocycles. The molecule has 0 fully saturated rings. The summed E-state index contributed by atoms with van der Waals surface area (Å²) >= 11 is 0. The summed E-state index contributed by atoms with van der Waals surface area (Å²) in [5, 5.41) is 0. The fraction of sp³-hybridized carbons (Fsp3) is 0.143. The molecule has 0 unspecified atom stereocenters. The summed E-state index contributed by atoms with van der Waals surface area (Å²) < 4.78 is 0.892. The predicted octanol–water partition coefficient (Wildman–Crippen LogP) is 0.975. The highest BCUT2D eigenvalue weighted by Crippen LogP contribution is 2.07. The normalized spacial score (nSPS) is 10.9. The van der Waals surface area contributed by atoms with Gasteiger partial charge in [0.15, 0.2) is 11.2 Å². The molecule has 7 nitrogen and oxygen atoms in total. The number of imidazole rings is 1. The van der Waals surface area contributed by atoms with E-state index in [-0.39, 0.29) is 29.4 Å². The maximum Gasteiger partial charge on any atom is 0.287 e. The fourth-order valence-corrected chi connectivity index (χ4v) is 2.15. The van der Waals surface area contributed by atoms with E-state index in [2.05, 4.69) is 15.0 Å². The molecule has 7 heteroatoms. The zero-order valence-corrected chi connectivity index (χ0v) is 11.1. The smallest absolute Gasteiger partial charge is 0.287 e. The largest absolute Gasteiger partial charge is 0.369 e. The molecule has 0 saturated carbocycles. The number of nitrogens with zero attached hydrogens (tertiary/aromatic N) is 3. The van der Waals surface area contributed by atoms with Crippen molar-refractivity contribution in [3.05, 3.63) is 52.6 Å². The topological polar surface area (TPSA) is 107 Å². The van der Waals surface area contributed by atoms with Crippen LogP contribution >= 0.6 is 0 Å². The number of aromatic amines is 1. The van der Waals surface area contributed by atoms with Gasteiger partial charge < -0.3 is 10.7 Å². The molecule has 0 saturated heterocycles. The van der Waals surface area contributed by atoms with Crippen molar-refractivity contribution >= 4 is 23.0 Å². The van der Waals surface area contributed by atoms with E-state index in [0.717, 1.165) is 10.1 Å². The molecule has 0 spiro atoms. The molecule has 0 aliphatic rings. The van der Waals surface area contributed by atoms with Crippen molar-refractivity contribution in [1.29, 1.82) is 0 Å². The second-order valence-corrected chi connectivity index (χ2v) is 4.59. The number of benzene rings is 1.